The highest BCUT2D eigenvalue weighted by molar-refractivity contribution is 5.60. The van der Waals surface area contributed by atoms with Gasteiger partial charge in [-0.1, -0.05) is 72.8 Å². The Morgan fingerprint density at radius 3 is 2.32 bits per heavy atom. The molecule has 4 aromatic carbocycles. The van der Waals surface area contributed by atoms with Gasteiger partial charge in [0.15, 0.2) is 0 Å². The van der Waals surface area contributed by atoms with Gasteiger partial charge in [-0.2, -0.15) is 0 Å². The molecule has 1 unspecified atom stereocenters. The first-order chi connectivity index (χ1) is 18.3. The fraction of sp³-hybridized carbons (Fsp3) is 0.242. The predicted molar refractivity (Wildman–Crippen MR) is 152 cm³/mol. The monoisotopic (exact) mass is 490 g/mol. The van der Waals surface area contributed by atoms with E-state index in [0.29, 0.717) is 13.0 Å². The lowest BCUT2D eigenvalue weighted by Crippen LogP contribution is -2.33. The number of anilines is 2. The summed E-state index contributed by atoms with van der Waals surface area (Å²) in [6, 6.07) is 35.4. The van der Waals surface area contributed by atoms with Crippen LogP contribution in [0.3, 0.4) is 0 Å². The summed E-state index contributed by atoms with van der Waals surface area (Å²) in [4.78, 5) is 13.8. The van der Waals surface area contributed by atoms with Gasteiger partial charge in [0, 0.05) is 36.8 Å². The van der Waals surface area contributed by atoms with Crippen LogP contribution in [-0.2, 0) is 17.8 Å². The molecule has 4 heteroatoms. The third kappa shape index (κ3) is 6.21. The zero-order valence-electron chi connectivity index (χ0n) is 21.2. The molecule has 1 aliphatic heterocycles. The smallest absolute Gasteiger partial charge is 0.120 e. The number of hydrogen-bond acceptors (Lipinski definition) is 4. The van der Waals surface area contributed by atoms with Crippen molar-refractivity contribution >= 4 is 17.7 Å². The topological polar surface area (TPSA) is 41.6 Å². The Balaban J connectivity index is 1.22. The summed E-state index contributed by atoms with van der Waals surface area (Å²) in [6.45, 7) is 3.40. The predicted octanol–water partition coefficient (Wildman–Crippen LogP) is 6.85. The average molecular weight is 491 g/mol. The molecule has 37 heavy (non-hydrogen) atoms. The van der Waals surface area contributed by atoms with Crippen molar-refractivity contribution in [3.8, 4) is 5.75 Å². The van der Waals surface area contributed by atoms with Crippen molar-refractivity contribution in [2.24, 2.45) is 0 Å². The van der Waals surface area contributed by atoms with Crippen molar-refractivity contribution < 1.29 is 9.53 Å². The molecular weight excluding hydrogens is 456 g/mol. The molecule has 0 bridgehead atoms. The van der Waals surface area contributed by atoms with Crippen LogP contribution in [0, 0.1) is 0 Å². The lowest BCUT2D eigenvalue weighted by molar-refractivity contribution is -0.108. The Labute approximate surface area is 219 Å². The SMILES string of the molecule is O=CCC(c1ccccc1)c1ccc(NCc2cccc3c2CCCN3CCOc2ccccc2)cc1. The summed E-state index contributed by atoms with van der Waals surface area (Å²) in [5.41, 5.74) is 7.53. The molecule has 1 N–H and O–H groups in total. The van der Waals surface area contributed by atoms with Gasteiger partial charge in [-0.15, -0.1) is 0 Å². The van der Waals surface area contributed by atoms with E-state index in [9.17, 15) is 4.79 Å². The maximum absolute atomic E-state index is 11.3. The summed E-state index contributed by atoms with van der Waals surface area (Å²) in [5.74, 6) is 1.01. The van der Waals surface area contributed by atoms with Crippen LogP contribution in [0.2, 0.25) is 0 Å². The highest BCUT2D eigenvalue weighted by Crippen LogP contribution is 2.31. The summed E-state index contributed by atoms with van der Waals surface area (Å²) >= 11 is 0. The van der Waals surface area contributed by atoms with Crippen LogP contribution in [0.25, 0.3) is 0 Å². The van der Waals surface area contributed by atoms with Gasteiger partial charge in [-0.3, -0.25) is 0 Å². The number of ether oxygens (including phenoxy) is 1. The normalized spacial score (nSPS) is 13.5. The lowest BCUT2D eigenvalue weighted by atomic mass is 9.89. The minimum Gasteiger partial charge on any atom is -0.492 e. The van der Waals surface area contributed by atoms with Crippen molar-refractivity contribution in [2.75, 3.05) is 29.9 Å². The number of para-hydroxylation sites is 1. The zero-order valence-corrected chi connectivity index (χ0v) is 21.2. The minimum atomic E-state index is 0.0887. The Kier molecular flexibility index (Phi) is 8.17. The Bertz CT molecular complexity index is 1270. The number of nitrogens with zero attached hydrogens (tertiary/aromatic N) is 1. The molecule has 1 atom stereocenters. The van der Waals surface area contributed by atoms with E-state index >= 15 is 0 Å². The second kappa shape index (κ2) is 12.3. The van der Waals surface area contributed by atoms with Gasteiger partial charge >= 0.3 is 0 Å². The number of benzene rings is 4. The molecule has 1 heterocycles. The standard InChI is InChI=1S/C33H34N2O2/c36-23-20-31(26-9-3-1-4-10-26)27-16-18-29(19-17-27)34-25-28-11-7-15-33-32(28)14-8-21-35(33)22-24-37-30-12-5-2-6-13-30/h1-7,9-13,15-19,23,31,34H,8,14,20-22,24-25H2. The average Bonchev–Trinajstić information content (AvgIpc) is 2.96. The maximum Gasteiger partial charge on any atom is 0.120 e. The number of rotatable bonds is 11. The van der Waals surface area contributed by atoms with Gasteiger partial charge in [0.2, 0.25) is 0 Å². The number of nitrogens with one attached hydrogen (secondary N) is 1. The van der Waals surface area contributed by atoms with Crippen LogP contribution in [0.1, 0.15) is 41.0 Å². The van der Waals surface area contributed by atoms with E-state index in [4.69, 9.17) is 4.74 Å². The summed E-state index contributed by atoms with van der Waals surface area (Å²) in [5, 5.41) is 3.62. The summed E-state index contributed by atoms with van der Waals surface area (Å²) in [6.07, 6.45) is 3.76. The second-order valence-electron chi connectivity index (χ2n) is 9.51. The van der Waals surface area contributed by atoms with Crippen LogP contribution in [0.5, 0.6) is 5.75 Å². The zero-order chi connectivity index (χ0) is 25.3. The fourth-order valence-corrected chi connectivity index (χ4v) is 5.24. The molecule has 4 nitrogen and oxygen atoms in total. The van der Waals surface area contributed by atoms with E-state index in [1.807, 2.05) is 48.5 Å². The first-order valence-corrected chi connectivity index (χ1v) is 13.2. The maximum atomic E-state index is 11.3. The lowest BCUT2D eigenvalue weighted by Gasteiger charge is -2.32. The van der Waals surface area contributed by atoms with E-state index < -0.39 is 0 Å². The van der Waals surface area contributed by atoms with Gasteiger partial charge in [0.1, 0.15) is 18.6 Å². The number of carbonyl (C=O) groups is 1. The number of carbonyl (C=O) groups excluding carboxylic acids is 1. The van der Waals surface area contributed by atoms with Crippen LogP contribution in [-0.4, -0.2) is 26.0 Å². The minimum absolute atomic E-state index is 0.0887. The number of hydrogen-bond donors (Lipinski definition) is 1. The highest BCUT2D eigenvalue weighted by atomic mass is 16.5. The highest BCUT2D eigenvalue weighted by Gasteiger charge is 2.19. The molecule has 1 aliphatic rings. The van der Waals surface area contributed by atoms with Crippen LogP contribution < -0.4 is 15.0 Å². The van der Waals surface area contributed by atoms with Gasteiger partial charge in [-0.05, 0) is 65.4 Å². The van der Waals surface area contributed by atoms with Crippen molar-refractivity contribution in [1.82, 2.24) is 0 Å². The van der Waals surface area contributed by atoms with Gasteiger partial charge in [0.25, 0.3) is 0 Å². The molecule has 0 aliphatic carbocycles. The van der Waals surface area contributed by atoms with E-state index in [2.05, 4.69) is 64.8 Å². The number of fused-ring (bicyclic) bond motifs is 1. The molecule has 0 saturated carbocycles. The third-order valence-electron chi connectivity index (χ3n) is 7.15. The van der Waals surface area contributed by atoms with Crippen LogP contribution in [0.4, 0.5) is 11.4 Å². The Morgan fingerprint density at radius 1 is 0.838 bits per heavy atom. The van der Waals surface area contributed by atoms with Crippen molar-refractivity contribution in [3.05, 3.63) is 125 Å². The molecule has 0 saturated heterocycles. The van der Waals surface area contributed by atoms with Gasteiger partial charge < -0.3 is 19.7 Å². The van der Waals surface area contributed by atoms with Crippen molar-refractivity contribution in [1.29, 1.82) is 0 Å². The van der Waals surface area contributed by atoms with Crippen LogP contribution >= 0.6 is 0 Å². The van der Waals surface area contributed by atoms with E-state index in [0.717, 1.165) is 55.8 Å². The molecule has 188 valence electrons. The van der Waals surface area contributed by atoms with E-state index in [1.165, 1.54) is 22.4 Å². The summed E-state index contributed by atoms with van der Waals surface area (Å²) in [7, 11) is 0. The van der Waals surface area contributed by atoms with Gasteiger partial charge in [-0.25, -0.2) is 0 Å². The van der Waals surface area contributed by atoms with E-state index in [1.54, 1.807) is 0 Å². The Hall–Kier alpha value is -4.05. The molecule has 5 rings (SSSR count). The molecule has 4 aromatic rings. The third-order valence-corrected chi connectivity index (χ3v) is 7.15. The van der Waals surface area contributed by atoms with E-state index in [-0.39, 0.29) is 5.92 Å². The van der Waals surface area contributed by atoms with Crippen molar-refractivity contribution in [3.63, 3.8) is 0 Å². The molecular formula is C33H34N2O2. The molecule has 0 spiro atoms. The first kappa shape index (κ1) is 24.6. The molecule has 0 fully saturated rings. The fourth-order valence-electron chi connectivity index (χ4n) is 5.24. The molecule has 0 amide bonds. The first-order valence-electron chi connectivity index (χ1n) is 13.2. The molecule has 0 aromatic heterocycles. The Morgan fingerprint density at radius 2 is 1.57 bits per heavy atom. The quantitative estimate of drug-likeness (QED) is 0.233. The van der Waals surface area contributed by atoms with Gasteiger partial charge in [0.05, 0.1) is 6.54 Å². The van der Waals surface area contributed by atoms with Crippen molar-refractivity contribution in [2.45, 2.75) is 31.7 Å². The largest absolute Gasteiger partial charge is 0.492 e. The number of aldehydes is 1. The van der Waals surface area contributed by atoms with Crippen LogP contribution in [0.15, 0.2) is 103 Å². The second-order valence-corrected chi connectivity index (χ2v) is 9.51. The molecule has 0 radical (unpaired) electrons. The summed E-state index contributed by atoms with van der Waals surface area (Å²) < 4.78 is 5.96.